The van der Waals surface area contributed by atoms with Crippen LogP contribution in [0.15, 0.2) is 24.5 Å². The first-order chi connectivity index (χ1) is 12.2. The number of likely N-dealkylation sites (tertiary alicyclic amines) is 1. The topological polar surface area (TPSA) is 69.1 Å². The first-order valence-electron chi connectivity index (χ1n) is 9.06. The molecule has 3 rings (SSSR count). The van der Waals surface area contributed by atoms with Crippen LogP contribution in [0.2, 0.25) is 0 Å². The first kappa shape index (κ1) is 18.3. The molecule has 2 atom stereocenters. The number of morpholine rings is 1. The molecule has 7 nitrogen and oxygen atoms in total. The van der Waals surface area contributed by atoms with Gasteiger partial charge in [0.05, 0.1) is 31.9 Å². The molecule has 1 aromatic rings. The van der Waals surface area contributed by atoms with Crippen LogP contribution in [0.25, 0.3) is 0 Å². The van der Waals surface area contributed by atoms with Crippen molar-refractivity contribution in [3.63, 3.8) is 0 Å². The second kappa shape index (κ2) is 8.71. The maximum absolute atomic E-state index is 12.6. The number of rotatable bonds is 6. The van der Waals surface area contributed by atoms with Crippen molar-refractivity contribution in [2.75, 3.05) is 52.5 Å². The summed E-state index contributed by atoms with van der Waals surface area (Å²) in [4.78, 5) is 22.8. The summed E-state index contributed by atoms with van der Waals surface area (Å²) in [6.07, 6.45) is 3.06. The molecular formula is C18H28N4O3. The molecule has 1 aromatic heterocycles. The zero-order valence-electron chi connectivity index (χ0n) is 14.9. The number of aliphatic hydroxyl groups excluding tert-OH is 1. The summed E-state index contributed by atoms with van der Waals surface area (Å²) in [6, 6.07) is 3.96. The number of hydrogen-bond donors (Lipinski definition) is 1. The lowest BCUT2D eigenvalue weighted by molar-refractivity contribution is -0.132. The number of nitrogens with zero attached hydrogens (tertiary/aromatic N) is 4. The molecule has 25 heavy (non-hydrogen) atoms. The lowest BCUT2D eigenvalue weighted by atomic mass is 10.1. The van der Waals surface area contributed by atoms with Gasteiger partial charge in [0.2, 0.25) is 5.91 Å². The zero-order chi connectivity index (χ0) is 17.6. The van der Waals surface area contributed by atoms with E-state index in [9.17, 15) is 9.90 Å². The summed E-state index contributed by atoms with van der Waals surface area (Å²) in [5.74, 6) is 0.100. The van der Waals surface area contributed by atoms with Crippen LogP contribution in [0.3, 0.4) is 0 Å². The first-order valence-corrected chi connectivity index (χ1v) is 9.06. The summed E-state index contributed by atoms with van der Waals surface area (Å²) in [5.41, 5.74) is 1.17. The van der Waals surface area contributed by atoms with E-state index < -0.39 is 6.10 Å². The highest BCUT2D eigenvalue weighted by Gasteiger charge is 2.37. The van der Waals surface area contributed by atoms with Crippen molar-refractivity contribution in [2.45, 2.75) is 25.6 Å². The molecule has 0 aliphatic carbocycles. The Bertz CT molecular complexity index is 551. The molecule has 2 fully saturated rings. The second-order valence-electron chi connectivity index (χ2n) is 6.74. The molecule has 138 valence electrons. The lowest BCUT2D eigenvalue weighted by Crippen LogP contribution is -2.45. The summed E-state index contributed by atoms with van der Waals surface area (Å²) in [6.45, 7) is 8.07. The average Bonchev–Trinajstić information content (AvgIpc) is 3.03. The maximum atomic E-state index is 12.6. The van der Waals surface area contributed by atoms with E-state index in [1.807, 2.05) is 12.1 Å². The average molecular weight is 348 g/mol. The second-order valence-corrected chi connectivity index (χ2v) is 6.74. The Labute approximate surface area is 149 Å². The van der Waals surface area contributed by atoms with Gasteiger partial charge < -0.3 is 14.7 Å². The largest absolute Gasteiger partial charge is 0.390 e. The number of aliphatic hydroxyl groups is 1. The van der Waals surface area contributed by atoms with E-state index in [0.717, 1.165) is 26.2 Å². The van der Waals surface area contributed by atoms with Gasteiger partial charge in [-0.05, 0) is 24.2 Å². The van der Waals surface area contributed by atoms with Crippen molar-refractivity contribution in [3.05, 3.63) is 30.1 Å². The van der Waals surface area contributed by atoms with Crippen LogP contribution in [0.1, 0.15) is 12.5 Å². The number of aromatic nitrogens is 1. The van der Waals surface area contributed by atoms with E-state index in [4.69, 9.17) is 4.74 Å². The third-order valence-corrected chi connectivity index (χ3v) is 5.08. The van der Waals surface area contributed by atoms with Crippen LogP contribution in [0, 0.1) is 0 Å². The molecule has 0 radical (unpaired) electrons. The van der Waals surface area contributed by atoms with Crippen molar-refractivity contribution >= 4 is 5.91 Å². The molecule has 2 aliphatic rings. The normalized spacial score (nSPS) is 24.8. The van der Waals surface area contributed by atoms with Gasteiger partial charge in [0.25, 0.3) is 0 Å². The summed E-state index contributed by atoms with van der Waals surface area (Å²) in [7, 11) is 0. The Morgan fingerprint density at radius 1 is 1.32 bits per heavy atom. The minimum Gasteiger partial charge on any atom is -0.390 e. The molecule has 2 aliphatic heterocycles. The summed E-state index contributed by atoms with van der Waals surface area (Å²) in [5, 5.41) is 10.5. The van der Waals surface area contributed by atoms with Gasteiger partial charge >= 0.3 is 0 Å². The number of carbonyl (C=O) groups is 1. The smallest absolute Gasteiger partial charge is 0.236 e. The van der Waals surface area contributed by atoms with Crippen molar-refractivity contribution in [1.82, 2.24) is 19.7 Å². The van der Waals surface area contributed by atoms with Gasteiger partial charge in [-0.2, -0.15) is 0 Å². The van der Waals surface area contributed by atoms with E-state index >= 15 is 0 Å². The third kappa shape index (κ3) is 4.76. The standard InChI is InChI=1S/C18H28N4O3/c1-2-21(11-15-3-5-19-6-4-15)16-12-22(13-17(16)23)18(24)14-20-7-9-25-10-8-20/h3-6,16-17,23H,2,7-14H2,1H3/t16-,17-/m1/s1. The molecule has 0 unspecified atom stereocenters. The number of likely N-dealkylation sites (N-methyl/N-ethyl adjacent to an activating group) is 1. The highest BCUT2D eigenvalue weighted by Crippen LogP contribution is 2.19. The van der Waals surface area contributed by atoms with Gasteiger partial charge in [-0.25, -0.2) is 0 Å². The van der Waals surface area contributed by atoms with Crippen LogP contribution in [-0.4, -0.2) is 95.3 Å². The minimum absolute atomic E-state index is 0.0215. The molecule has 7 heteroatoms. The highest BCUT2D eigenvalue weighted by molar-refractivity contribution is 5.78. The number of β-amino-alcohol motifs (C(OH)–C–C–N with tert-alkyl or cyclic N) is 1. The van der Waals surface area contributed by atoms with E-state index in [1.165, 1.54) is 5.56 Å². The van der Waals surface area contributed by atoms with E-state index in [-0.39, 0.29) is 11.9 Å². The Morgan fingerprint density at radius 2 is 2.04 bits per heavy atom. The van der Waals surface area contributed by atoms with Crippen LogP contribution in [0.5, 0.6) is 0 Å². The third-order valence-electron chi connectivity index (χ3n) is 5.08. The number of hydrogen-bond acceptors (Lipinski definition) is 6. The molecule has 1 amide bonds. The van der Waals surface area contributed by atoms with Crippen LogP contribution < -0.4 is 0 Å². The molecule has 0 spiro atoms. The van der Waals surface area contributed by atoms with E-state index in [0.29, 0.717) is 32.8 Å². The molecule has 3 heterocycles. The quantitative estimate of drug-likeness (QED) is 0.768. The fraction of sp³-hybridized carbons (Fsp3) is 0.667. The maximum Gasteiger partial charge on any atom is 0.236 e. The minimum atomic E-state index is -0.504. The van der Waals surface area contributed by atoms with Gasteiger partial charge in [-0.3, -0.25) is 19.6 Å². The van der Waals surface area contributed by atoms with Crippen LogP contribution in [0.4, 0.5) is 0 Å². The highest BCUT2D eigenvalue weighted by atomic mass is 16.5. The number of pyridine rings is 1. The molecule has 0 saturated carbocycles. The van der Waals surface area contributed by atoms with Gasteiger partial charge in [0.15, 0.2) is 0 Å². The monoisotopic (exact) mass is 348 g/mol. The molecule has 0 bridgehead atoms. The van der Waals surface area contributed by atoms with Gasteiger partial charge in [-0.15, -0.1) is 0 Å². The Balaban J connectivity index is 1.56. The molecule has 2 saturated heterocycles. The van der Waals surface area contributed by atoms with Crippen LogP contribution in [-0.2, 0) is 16.1 Å². The fourth-order valence-corrected chi connectivity index (χ4v) is 3.57. The summed E-state index contributed by atoms with van der Waals surface area (Å²) >= 11 is 0. The fourth-order valence-electron chi connectivity index (χ4n) is 3.57. The van der Waals surface area contributed by atoms with E-state index in [1.54, 1.807) is 17.3 Å². The summed E-state index contributed by atoms with van der Waals surface area (Å²) < 4.78 is 5.33. The predicted molar refractivity (Wildman–Crippen MR) is 94.0 cm³/mol. The lowest BCUT2D eigenvalue weighted by Gasteiger charge is -2.30. The number of ether oxygens (including phenoxy) is 1. The zero-order valence-corrected chi connectivity index (χ0v) is 14.9. The number of carbonyl (C=O) groups excluding carboxylic acids is 1. The van der Waals surface area contributed by atoms with Crippen molar-refractivity contribution in [1.29, 1.82) is 0 Å². The molecular weight excluding hydrogens is 320 g/mol. The Hall–Kier alpha value is -1.54. The number of amides is 1. The molecule has 0 aromatic carbocycles. The van der Waals surface area contributed by atoms with Crippen LogP contribution >= 0.6 is 0 Å². The van der Waals surface area contributed by atoms with Gasteiger partial charge in [0.1, 0.15) is 0 Å². The van der Waals surface area contributed by atoms with Crippen molar-refractivity contribution in [2.24, 2.45) is 0 Å². The van der Waals surface area contributed by atoms with Gasteiger partial charge in [0, 0.05) is 45.1 Å². The van der Waals surface area contributed by atoms with Gasteiger partial charge in [-0.1, -0.05) is 6.92 Å². The van der Waals surface area contributed by atoms with Crippen molar-refractivity contribution < 1.29 is 14.6 Å². The molecule has 1 N–H and O–H groups in total. The Morgan fingerprint density at radius 3 is 2.72 bits per heavy atom. The predicted octanol–water partition coefficient (Wildman–Crippen LogP) is -0.193. The Kier molecular flexibility index (Phi) is 6.36. The van der Waals surface area contributed by atoms with E-state index in [2.05, 4.69) is 21.7 Å². The van der Waals surface area contributed by atoms with Crippen molar-refractivity contribution in [3.8, 4) is 0 Å². The SMILES string of the molecule is CCN(Cc1ccncc1)[C@@H]1CN(C(=O)CN2CCOCC2)C[C@H]1O.